The molecule has 2 rings (SSSR count). The highest BCUT2D eigenvalue weighted by Crippen LogP contribution is 2.34. The fourth-order valence-electron chi connectivity index (χ4n) is 3.60. The van der Waals surface area contributed by atoms with E-state index in [9.17, 15) is 0 Å². The molecule has 0 aromatic heterocycles. The second-order valence-electron chi connectivity index (χ2n) is 6.45. The average molecular weight is 313 g/mol. The van der Waals surface area contributed by atoms with Crippen molar-refractivity contribution < 1.29 is 4.74 Å². The maximum Gasteiger partial charge on any atom is 0.157 e. The Bertz CT molecular complexity index is 351. The zero-order chi connectivity index (χ0) is 15.3. The maximum absolute atomic E-state index is 6.07. The number of nitrogens with one attached hydrogen (secondary N) is 1. The van der Waals surface area contributed by atoms with Crippen molar-refractivity contribution >= 4 is 16.9 Å². The highest BCUT2D eigenvalue weighted by atomic mass is 32.2. The van der Waals surface area contributed by atoms with Crippen LogP contribution < -0.4 is 5.32 Å². The molecule has 2 aliphatic rings. The quantitative estimate of drug-likeness (QED) is 0.797. The van der Waals surface area contributed by atoms with E-state index in [1.165, 1.54) is 18.0 Å². The summed E-state index contributed by atoms with van der Waals surface area (Å²) in [7, 11) is 0. The third-order valence-electron chi connectivity index (χ3n) is 5.36. The Morgan fingerprint density at radius 1 is 1.29 bits per heavy atom. The van der Waals surface area contributed by atoms with Crippen LogP contribution in [0.25, 0.3) is 0 Å². The van der Waals surface area contributed by atoms with Gasteiger partial charge in [-0.2, -0.15) is 0 Å². The van der Waals surface area contributed by atoms with Crippen molar-refractivity contribution in [3.63, 3.8) is 0 Å². The molecular formula is C17H32N2OS. The zero-order valence-electron chi connectivity index (χ0n) is 14.2. The monoisotopic (exact) mass is 312 g/mol. The molecule has 2 heterocycles. The van der Waals surface area contributed by atoms with Crippen LogP contribution >= 0.6 is 11.8 Å². The molecule has 21 heavy (non-hydrogen) atoms. The van der Waals surface area contributed by atoms with Crippen LogP contribution in [0.3, 0.4) is 0 Å². The van der Waals surface area contributed by atoms with E-state index in [2.05, 4.69) is 33.0 Å². The molecule has 1 fully saturated rings. The molecule has 2 unspecified atom stereocenters. The summed E-state index contributed by atoms with van der Waals surface area (Å²) in [6.07, 6.45) is 6.98. The maximum atomic E-state index is 6.07. The molecule has 0 aromatic carbocycles. The first kappa shape index (κ1) is 17.1. The topological polar surface area (TPSA) is 33.6 Å². The fourth-order valence-corrected chi connectivity index (χ4v) is 5.00. The zero-order valence-corrected chi connectivity index (χ0v) is 15.0. The first-order chi connectivity index (χ1) is 10.2. The summed E-state index contributed by atoms with van der Waals surface area (Å²) in [5, 5.41) is 5.57. The van der Waals surface area contributed by atoms with Gasteiger partial charge >= 0.3 is 0 Å². The SMILES string of the molecule is CCC(CC)C1CN=C(NC2CCOC(CC)(CC)C2)S1. The molecule has 0 bridgehead atoms. The minimum Gasteiger partial charge on any atom is -0.375 e. The lowest BCUT2D eigenvalue weighted by molar-refractivity contribution is -0.0909. The predicted octanol–water partition coefficient (Wildman–Crippen LogP) is 4.22. The number of thioether (sulfide) groups is 1. The van der Waals surface area contributed by atoms with Gasteiger partial charge in [0.25, 0.3) is 0 Å². The minimum atomic E-state index is 0.0918. The number of rotatable bonds is 6. The Labute approximate surface area is 134 Å². The number of hydrogen-bond acceptors (Lipinski definition) is 4. The summed E-state index contributed by atoms with van der Waals surface area (Å²) in [6, 6.07) is 0.533. The fraction of sp³-hybridized carbons (Fsp3) is 0.941. The van der Waals surface area contributed by atoms with Crippen LogP contribution in [0.2, 0.25) is 0 Å². The van der Waals surface area contributed by atoms with Gasteiger partial charge in [0.05, 0.1) is 12.1 Å². The third-order valence-corrected chi connectivity index (χ3v) is 6.67. The second-order valence-corrected chi connectivity index (χ2v) is 7.68. The van der Waals surface area contributed by atoms with Crippen LogP contribution in [0.5, 0.6) is 0 Å². The lowest BCUT2D eigenvalue weighted by atomic mass is 9.86. The van der Waals surface area contributed by atoms with E-state index in [0.29, 0.717) is 11.3 Å². The van der Waals surface area contributed by atoms with E-state index in [4.69, 9.17) is 9.73 Å². The number of hydrogen-bond donors (Lipinski definition) is 1. The number of aliphatic imine (C=N–C) groups is 1. The Kier molecular flexibility index (Phi) is 6.42. The first-order valence-corrected chi connectivity index (χ1v) is 9.65. The Morgan fingerprint density at radius 2 is 2.00 bits per heavy atom. The van der Waals surface area contributed by atoms with Crippen molar-refractivity contribution in [1.82, 2.24) is 5.32 Å². The van der Waals surface area contributed by atoms with Gasteiger partial charge in [-0.15, -0.1) is 0 Å². The molecule has 1 N–H and O–H groups in total. The van der Waals surface area contributed by atoms with E-state index < -0.39 is 0 Å². The van der Waals surface area contributed by atoms with Crippen molar-refractivity contribution in [3.05, 3.63) is 0 Å². The van der Waals surface area contributed by atoms with Crippen molar-refractivity contribution in [3.8, 4) is 0 Å². The molecule has 0 aliphatic carbocycles. The third kappa shape index (κ3) is 4.16. The molecule has 0 radical (unpaired) electrons. The number of nitrogens with zero attached hydrogens (tertiary/aromatic N) is 1. The van der Waals surface area contributed by atoms with Crippen LogP contribution in [0.1, 0.15) is 66.2 Å². The van der Waals surface area contributed by atoms with E-state index in [1.807, 2.05) is 11.8 Å². The molecule has 4 heteroatoms. The standard InChI is InChI=1S/C17H32N2OS/c1-5-13(6-2)15-12-18-16(21-15)19-14-9-10-20-17(7-3,8-4)11-14/h13-15H,5-12H2,1-4H3,(H,18,19). The Morgan fingerprint density at radius 3 is 2.62 bits per heavy atom. The molecule has 1 saturated heterocycles. The van der Waals surface area contributed by atoms with Crippen LogP contribution in [0.15, 0.2) is 4.99 Å². The average Bonchev–Trinajstić information content (AvgIpc) is 2.97. The molecule has 2 aliphatic heterocycles. The van der Waals surface area contributed by atoms with Gasteiger partial charge in [-0.25, -0.2) is 0 Å². The van der Waals surface area contributed by atoms with Gasteiger partial charge in [0.1, 0.15) is 0 Å². The molecule has 122 valence electrons. The normalized spacial score (nSPS) is 28.7. The van der Waals surface area contributed by atoms with Crippen molar-refractivity contribution in [2.45, 2.75) is 83.1 Å². The smallest absolute Gasteiger partial charge is 0.157 e. The summed E-state index contributed by atoms with van der Waals surface area (Å²) in [5.74, 6) is 0.804. The highest BCUT2D eigenvalue weighted by Gasteiger charge is 2.35. The van der Waals surface area contributed by atoms with Crippen molar-refractivity contribution in [2.75, 3.05) is 13.2 Å². The second kappa shape index (κ2) is 7.87. The molecule has 0 amide bonds. The van der Waals surface area contributed by atoms with Gasteiger partial charge < -0.3 is 10.1 Å². The van der Waals surface area contributed by atoms with Crippen LogP contribution in [0, 0.1) is 5.92 Å². The van der Waals surface area contributed by atoms with Gasteiger partial charge in [-0.1, -0.05) is 52.3 Å². The predicted molar refractivity (Wildman–Crippen MR) is 93.2 cm³/mol. The van der Waals surface area contributed by atoms with Crippen molar-refractivity contribution in [2.24, 2.45) is 10.9 Å². The van der Waals surface area contributed by atoms with Gasteiger partial charge in [0, 0.05) is 17.9 Å². The molecule has 0 spiro atoms. The lowest BCUT2D eigenvalue weighted by Gasteiger charge is -2.40. The van der Waals surface area contributed by atoms with Gasteiger partial charge in [-0.3, -0.25) is 4.99 Å². The summed E-state index contributed by atoms with van der Waals surface area (Å²) in [6.45, 7) is 11.0. The largest absolute Gasteiger partial charge is 0.375 e. The molecule has 0 saturated carbocycles. The van der Waals surface area contributed by atoms with Gasteiger partial charge in [-0.05, 0) is 31.6 Å². The summed E-state index contributed by atoms with van der Waals surface area (Å²) >= 11 is 1.97. The van der Waals surface area contributed by atoms with E-state index in [0.717, 1.165) is 44.8 Å². The Hall–Kier alpha value is -0.220. The van der Waals surface area contributed by atoms with Crippen LogP contribution in [-0.4, -0.2) is 35.2 Å². The lowest BCUT2D eigenvalue weighted by Crippen LogP contribution is -2.47. The van der Waals surface area contributed by atoms with E-state index in [1.54, 1.807) is 0 Å². The Balaban J connectivity index is 1.85. The van der Waals surface area contributed by atoms with E-state index in [-0.39, 0.29) is 5.60 Å². The van der Waals surface area contributed by atoms with Crippen LogP contribution in [0.4, 0.5) is 0 Å². The van der Waals surface area contributed by atoms with Crippen molar-refractivity contribution in [1.29, 1.82) is 0 Å². The van der Waals surface area contributed by atoms with E-state index >= 15 is 0 Å². The highest BCUT2D eigenvalue weighted by molar-refractivity contribution is 8.14. The molecule has 2 atom stereocenters. The summed E-state index contributed by atoms with van der Waals surface area (Å²) in [5.41, 5.74) is 0.0918. The number of ether oxygens (including phenoxy) is 1. The molecule has 0 aromatic rings. The van der Waals surface area contributed by atoms with Crippen LogP contribution in [-0.2, 0) is 4.74 Å². The first-order valence-electron chi connectivity index (χ1n) is 8.77. The van der Waals surface area contributed by atoms with Gasteiger partial charge in [0.2, 0.25) is 0 Å². The molecular weight excluding hydrogens is 280 g/mol. The summed E-state index contributed by atoms with van der Waals surface area (Å²) in [4.78, 5) is 4.76. The minimum absolute atomic E-state index is 0.0918. The number of amidine groups is 1. The van der Waals surface area contributed by atoms with Gasteiger partial charge in [0.15, 0.2) is 5.17 Å². The molecule has 3 nitrogen and oxygen atoms in total. The summed E-state index contributed by atoms with van der Waals surface area (Å²) < 4.78 is 6.07.